The Morgan fingerprint density at radius 2 is 1.83 bits per heavy atom. The Kier molecular flexibility index (Phi) is 13.4. The number of urea groups is 1. The number of ether oxygens (including phenoxy) is 1. The molecule has 1 aliphatic rings. The number of primary amides is 1. The summed E-state index contributed by atoms with van der Waals surface area (Å²) in [4.78, 5) is 33.4. The number of nitrogens with one attached hydrogen (secondary N) is 2. The number of rotatable bonds is 13. The number of hydrogen-bond acceptors (Lipinski definition) is 7. The number of unbranched alkanes of at least 4 members (excludes halogenated alkanes) is 1. The molecule has 0 bridgehead atoms. The lowest BCUT2D eigenvalue weighted by Gasteiger charge is -2.38. The standard InChI is InChI=1S/C31H38ClFN6O5S.ClH/c1-3-5-14-39(31(41)36-28-17-25(30(34)40)26(32)18-27(28)33)23-12-15-38(16-13-23)20-21-6-11-29(35-19-21)44-24-9-7-22(8-10-24)37-45(42,43)4-2;/h6-11,17-19,23,37H,3-5,12-16,20H2,1-2H3,(H2,34,40)(H,36,41);1H. The molecule has 0 unspecified atom stereocenters. The van der Waals surface area contributed by atoms with Gasteiger partial charge < -0.3 is 20.7 Å². The number of amides is 3. The van der Waals surface area contributed by atoms with Crippen molar-refractivity contribution in [2.75, 3.05) is 35.4 Å². The molecule has 2 heterocycles. The van der Waals surface area contributed by atoms with Crippen LogP contribution in [0.1, 0.15) is 55.5 Å². The fraction of sp³-hybridized carbons (Fsp3) is 0.387. The second-order valence-corrected chi connectivity index (χ2v) is 13.2. The molecule has 11 nitrogen and oxygen atoms in total. The van der Waals surface area contributed by atoms with Gasteiger partial charge in [0.25, 0.3) is 0 Å². The van der Waals surface area contributed by atoms with Crippen molar-refractivity contribution in [2.45, 2.75) is 52.1 Å². The van der Waals surface area contributed by atoms with E-state index in [2.05, 4.69) is 19.9 Å². The molecule has 4 N–H and O–H groups in total. The highest BCUT2D eigenvalue weighted by Gasteiger charge is 2.28. The second kappa shape index (κ2) is 16.8. The van der Waals surface area contributed by atoms with Gasteiger partial charge in [0.15, 0.2) is 0 Å². The molecule has 2 aromatic carbocycles. The predicted molar refractivity (Wildman–Crippen MR) is 180 cm³/mol. The molecule has 250 valence electrons. The van der Waals surface area contributed by atoms with Gasteiger partial charge in [-0.25, -0.2) is 22.6 Å². The van der Waals surface area contributed by atoms with Crippen molar-refractivity contribution < 1.29 is 27.1 Å². The molecule has 1 aliphatic heterocycles. The number of carbonyl (C=O) groups excluding carboxylic acids is 2. The normalized spacial score (nSPS) is 13.8. The first-order valence-corrected chi connectivity index (χ1v) is 16.8. The zero-order valence-electron chi connectivity index (χ0n) is 25.7. The van der Waals surface area contributed by atoms with Crippen molar-refractivity contribution in [1.82, 2.24) is 14.8 Å². The van der Waals surface area contributed by atoms with Gasteiger partial charge >= 0.3 is 6.03 Å². The van der Waals surface area contributed by atoms with E-state index in [0.717, 1.165) is 50.4 Å². The number of benzene rings is 2. The third-order valence-corrected chi connectivity index (χ3v) is 9.13. The number of piperidine rings is 1. The first-order valence-electron chi connectivity index (χ1n) is 14.8. The van der Waals surface area contributed by atoms with E-state index in [1.165, 1.54) is 6.07 Å². The third kappa shape index (κ3) is 10.2. The number of anilines is 2. The zero-order chi connectivity index (χ0) is 32.6. The van der Waals surface area contributed by atoms with E-state index in [0.29, 0.717) is 30.4 Å². The van der Waals surface area contributed by atoms with Crippen molar-refractivity contribution in [3.8, 4) is 11.6 Å². The van der Waals surface area contributed by atoms with Crippen molar-refractivity contribution in [1.29, 1.82) is 0 Å². The Bertz CT molecular complexity index is 1590. The van der Waals surface area contributed by atoms with E-state index in [-0.39, 0.29) is 40.5 Å². The largest absolute Gasteiger partial charge is 0.439 e. The fourth-order valence-corrected chi connectivity index (χ4v) is 5.86. The van der Waals surface area contributed by atoms with Crippen LogP contribution < -0.4 is 20.5 Å². The molecule has 1 saturated heterocycles. The summed E-state index contributed by atoms with van der Waals surface area (Å²) in [7, 11) is -3.35. The smallest absolute Gasteiger partial charge is 0.322 e. The second-order valence-electron chi connectivity index (χ2n) is 10.8. The van der Waals surface area contributed by atoms with Crippen LogP contribution >= 0.6 is 24.0 Å². The van der Waals surface area contributed by atoms with Gasteiger partial charge in [-0.2, -0.15) is 0 Å². The summed E-state index contributed by atoms with van der Waals surface area (Å²) in [6.45, 7) is 6.33. The summed E-state index contributed by atoms with van der Waals surface area (Å²) in [5, 5.41) is 2.50. The summed E-state index contributed by atoms with van der Waals surface area (Å²) in [5.41, 5.74) is 6.59. The van der Waals surface area contributed by atoms with Crippen molar-refractivity contribution in [3.63, 3.8) is 0 Å². The number of nitrogens with two attached hydrogens (primary N) is 1. The fourth-order valence-electron chi connectivity index (χ4n) is 4.97. The van der Waals surface area contributed by atoms with Crippen LogP contribution in [0.4, 0.5) is 20.6 Å². The maximum absolute atomic E-state index is 14.6. The highest BCUT2D eigenvalue weighted by Crippen LogP contribution is 2.27. The molecule has 0 atom stereocenters. The minimum absolute atomic E-state index is 0. The lowest BCUT2D eigenvalue weighted by molar-refractivity contribution is 0.1000. The quantitative estimate of drug-likeness (QED) is 0.191. The van der Waals surface area contributed by atoms with E-state index in [1.807, 2.05) is 13.0 Å². The SMILES string of the molecule is CCCCN(C(=O)Nc1cc(C(N)=O)c(Cl)cc1F)C1CCN(Cc2ccc(Oc3ccc(NS(=O)(=O)CC)cc3)nc2)CC1.Cl. The Hall–Kier alpha value is -3.65. The van der Waals surface area contributed by atoms with Crippen molar-refractivity contribution in [2.24, 2.45) is 5.73 Å². The Morgan fingerprint density at radius 1 is 1.13 bits per heavy atom. The third-order valence-electron chi connectivity index (χ3n) is 7.51. The van der Waals surface area contributed by atoms with E-state index >= 15 is 0 Å². The minimum Gasteiger partial charge on any atom is -0.439 e. The van der Waals surface area contributed by atoms with E-state index < -0.39 is 27.8 Å². The van der Waals surface area contributed by atoms with Gasteiger partial charge in [0.2, 0.25) is 21.8 Å². The number of halogens is 3. The first kappa shape index (κ1) is 36.8. The molecular weight excluding hydrogens is 658 g/mol. The molecular formula is C31H39Cl2FN6O5S. The lowest BCUT2D eigenvalue weighted by atomic mass is 10.0. The van der Waals surface area contributed by atoms with Crippen LogP contribution in [0.25, 0.3) is 0 Å². The van der Waals surface area contributed by atoms with Crippen LogP contribution in [0.5, 0.6) is 11.6 Å². The van der Waals surface area contributed by atoms with Gasteiger partial charge in [0.05, 0.1) is 22.0 Å². The van der Waals surface area contributed by atoms with Crippen LogP contribution in [0.15, 0.2) is 54.7 Å². The molecule has 1 aromatic heterocycles. The zero-order valence-corrected chi connectivity index (χ0v) is 28.1. The summed E-state index contributed by atoms with van der Waals surface area (Å²) >= 11 is 5.93. The van der Waals surface area contributed by atoms with Gasteiger partial charge in [-0.15, -0.1) is 12.4 Å². The van der Waals surface area contributed by atoms with E-state index in [9.17, 15) is 22.4 Å². The number of likely N-dealkylation sites (tertiary alicyclic amines) is 1. The van der Waals surface area contributed by atoms with Crippen LogP contribution in [0.3, 0.4) is 0 Å². The molecule has 0 radical (unpaired) electrons. The summed E-state index contributed by atoms with van der Waals surface area (Å²) in [6.07, 6.45) is 4.93. The molecule has 0 saturated carbocycles. The van der Waals surface area contributed by atoms with E-state index in [4.69, 9.17) is 22.1 Å². The Labute approximate surface area is 280 Å². The summed E-state index contributed by atoms with van der Waals surface area (Å²) in [6, 6.07) is 12.0. The number of carbonyl (C=O) groups is 2. The summed E-state index contributed by atoms with van der Waals surface area (Å²) in [5.74, 6) is -0.626. The number of pyridine rings is 1. The Morgan fingerprint density at radius 3 is 2.41 bits per heavy atom. The maximum atomic E-state index is 14.6. The van der Waals surface area contributed by atoms with Crippen molar-refractivity contribution >= 4 is 57.3 Å². The summed E-state index contributed by atoms with van der Waals surface area (Å²) < 4.78 is 46.3. The van der Waals surface area contributed by atoms with Gasteiger partial charge in [0.1, 0.15) is 11.6 Å². The van der Waals surface area contributed by atoms with Gasteiger partial charge in [0, 0.05) is 50.2 Å². The molecule has 15 heteroatoms. The highest BCUT2D eigenvalue weighted by molar-refractivity contribution is 7.92. The molecule has 0 aliphatic carbocycles. The lowest BCUT2D eigenvalue weighted by Crippen LogP contribution is -2.49. The molecule has 46 heavy (non-hydrogen) atoms. The molecule has 0 spiro atoms. The average Bonchev–Trinajstić information content (AvgIpc) is 3.01. The van der Waals surface area contributed by atoms with E-state index in [1.54, 1.807) is 48.4 Å². The Balaban J connectivity index is 0.00000576. The number of sulfonamides is 1. The molecule has 3 amide bonds. The number of aromatic nitrogens is 1. The maximum Gasteiger partial charge on any atom is 0.322 e. The highest BCUT2D eigenvalue weighted by atomic mass is 35.5. The van der Waals surface area contributed by atoms with Gasteiger partial charge in [-0.1, -0.05) is 31.0 Å². The molecule has 3 aromatic rings. The van der Waals surface area contributed by atoms with Crippen LogP contribution in [-0.4, -0.2) is 66.6 Å². The minimum atomic E-state index is -3.35. The topological polar surface area (TPSA) is 147 Å². The van der Waals surface area contributed by atoms with Gasteiger partial charge in [-0.3, -0.25) is 14.4 Å². The van der Waals surface area contributed by atoms with Crippen molar-refractivity contribution in [3.05, 3.63) is 76.7 Å². The first-order chi connectivity index (χ1) is 21.5. The number of nitrogens with zero attached hydrogens (tertiary/aromatic N) is 3. The average molecular weight is 698 g/mol. The monoisotopic (exact) mass is 696 g/mol. The molecule has 1 fully saturated rings. The predicted octanol–water partition coefficient (Wildman–Crippen LogP) is 6.25. The molecule has 4 rings (SSSR count). The number of hydrogen-bond donors (Lipinski definition) is 3. The van der Waals surface area contributed by atoms with Gasteiger partial charge in [-0.05, 0) is 68.1 Å². The van der Waals surface area contributed by atoms with Crippen LogP contribution in [-0.2, 0) is 16.6 Å². The van der Waals surface area contributed by atoms with Crippen LogP contribution in [0, 0.1) is 5.82 Å². The van der Waals surface area contributed by atoms with Crippen LogP contribution in [0.2, 0.25) is 5.02 Å².